The Labute approximate surface area is 72.6 Å². The first-order valence-corrected chi connectivity index (χ1v) is 4.09. The zero-order valence-electron chi connectivity index (χ0n) is 7.23. The van der Waals surface area contributed by atoms with Crippen LogP contribution in [0.15, 0.2) is 24.5 Å². The van der Waals surface area contributed by atoms with Crippen LogP contribution in [-0.4, -0.2) is 17.6 Å². The van der Waals surface area contributed by atoms with E-state index < -0.39 is 0 Å². The van der Waals surface area contributed by atoms with E-state index >= 15 is 0 Å². The summed E-state index contributed by atoms with van der Waals surface area (Å²) in [5, 5.41) is 0. The molecule has 12 heavy (non-hydrogen) atoms. The molecule has 0 aliphatic carbocycles. The summed E-state index contributed by atoms with van der Waals surface area (Å²) in [6.07, 6.45) is 4.46. The SMILES string of the molecule is CC(CCN)Oc1cccnc1. The van der Waals surface area contributed by atoms with Gasteiger partial charge in [-0.05, 0) is 32.0 Å². The fraction of sp³-hybridized carbons (Fsp3) is 0.444. The van der Waals surface area contributed by atoms with Crippen molar-refractivity contribution >= 4 is 0 Å². The van der Waals surface area contributed by atoms with Gasteiger partial charge in [-0.2, -0.15) is 0 Å². The van der Waals surface area contributed by atoms with Gasteiger partial charge in [-0.25, -0.2) is 0 Å². The number of nitrogens with two attached hydrogens (primary N) is 1. The molecule has 0 aliphatic rings. The van der Waals surface area contributed by atoms with Crippen LogP contribution in [0, 0.1) is 0 Å². The third-order valence-corrected chi connectivity index (χ3v) is 1.54. The summed E-state index contributed by atoms with van der Waals surface area (Å²) in [5.74, 6) is 0.804. The van der Waals surface area contributed by atoms with Gasteiger partial charge >= 0.3 is 0 Å². The average molecular weight is 166 g/mol. The van der Waals surface area contributed by atoms with E-state index in [1.807, 2.05) is 19.1 Å². The molecule has 1 aromatic heterocycles. The van der Waals surface area contributed by atoms with Gasteiger partial charge in [0.25, 0.3) is 0 Å². The molecule has 2 N–H and O–H groups in total. The van der Waals surface area contributed by atoms with E-state index in [9.17, 15) is 0 Å². The summed E-state index contributed by atoms with van der Waals surface area (Å²) in [6.45, 7) is 2.65. The van der Waals surface area contributed by atoms with E-state index in [-0.39, 0.29) is 6.10 Å². The second-order valence-electron chi connectivity index (χ2n) is 2.69. The Morgan fingerprint density at radius 3 is 3.08 bits per heavy atom. The molecule has 0 bridgehead atoms. The molecule has 1 aromatic rings. The number of pyridine rings is 1. The van der Waals surface area contributed by atoms with Crippen LogP contribution in [-0.2, 0) is 0 Å². The smallest absolute Gasteiger partial charge is 0.137 e. The monoisotopic (exact) mass is 166 g/mol. The fourth-order valence-electron chi connectivity index (χ4n) is 0.943. The Hall–Kier alpha value is -1.09. The van der Waals surface area contributed by atoms with Crippen molar-refractivity contribution in [2.24, 2.45) is 5.73 Å². The summed E-state index contributed by atoms with van der Waals surface area (Å²) >= 11 is 0. The van der Waals surface area contributed by atoms with Crippen molar-refractivity contribution < 1.29 is 4.74 Å². The van der Waals surface area contributed by atoms with Crippen LogP contribution in [0.3, 0.4) is 0 Å². The molecular weight excluding hydrogens is 152 g/mol. The van der Waals surface area contributed by atoms with Crippen molar-refractivity contribution in [3.8, 4) is 5.75 Å². The normalized spacial score (nSPS) is 12.5. The van der Waals surface area contributed by atoms with E-state index in [1.165, 1.54) is 0 Å². The topological polar surface area (TPSA) is 48.1 Å². The summed E-state index contributed by atoms with van der Waals surface area (Å²) in [5.41, 5.74) is 5.39. The first kappa shape index (κ1) is 9.00. The molecule has 0 amide bonds. The molecule has 1 unspecified atom stereocenters. The molecule has 0 saturated heterocycles. The fourth-order valence-corrected chi connectivity index (χ4v) is 0.943. The Bertz CT molecular complexity index is 213. The van der Waals surface area contributed by atoms with Gasteiger partial charge in [-0.3, -0.25) is 4.98 Å². The van der Waals surface area contributed by atoms with E-state index in [0.717, 1.165) is 12.2 Å². The summed E-state index contributed by atoms with van der Waals surface area (Å²) in [4.78, 5) is 3.94. The molecule has 0 fully saturated rings. The van der Waals surface area contributed by atoms with Crippen LogP contribution in [0.4, 0.5) is 0 Å². The minimum absolute atomic E-state index is 0.166. The molecule has 1 heterocycles. The van der Waals surface area contributed by atoms with E-state index in [1.54, 1.807) is 12.4 Å². The van der Waals surface area contributed by atoms with Crippen molar-refractivity contribution in [3.63, 3.8) is 0 Å². The van der Waals surface area contributed by atoms with Crippen molar-refractivity contribution in [2.75, 3.05) is 6.54 Å². The van der Waals surface area contributed by atoms with E-state index in [0.29, 0.717) is 6.54 Å². The molecule has 66 valence electrons. The molecule has 0 radical (unpaired) electrons. The lowest BCUT2D eigenvalue weighted by Gasteiger charge is -2.12. The molecule has 0 spiro atoms. The quantitative estimate of drug-likeness (QED) is 0.731. The van der Waals surface area contributed by atoms with Gasteiger partial charge in [0, 0.05) is 6.20 Å². The Morgan fingerprint density at radius 1 is 1.67 bits per heavy atom. The summed E-state index contributed by atoms with van der Waals surface area (Å²) in [7, 11) is 0. The third kappa shape index (κ3) is 2.88. The highest BCUT2D eigenvalue weighted by molar-refractivity contribution is 5.15. The van der Waals surface area contributed by atoms with Gasteiger partial charge in [0.1, 0.15) is 5.75 Å². The number of hydrogen-bond donors (Lipinski definition) is 1. The van der Waals surface area contributed by atoms with E-state index in [2.05, 4.69) is 4.98 Å². The van der Waals surface area contributed by atoms with Crippen LogP contribution >= 0.6 is 0 Å². The summed E-state index contributed by atoms with van der Waals surface area (Å²) < 4.78 is 5.51. The molecular formula is C9H14N2O. The predicted octanol–water partition coefficient (Wildman–Crippen LogP) is 1.20. The zero-order chi connectivity index (χ0) is 8.81. The van der Waals surface area contributed by atoms with Crippen molar-refractivity contribution in [1.29, 1.82) is 0 Å². The lowest BCUT2D eigenvalue weighted by atomic mass is 10.3. The molecule has 0 aromatic carbocycles. The molecule has 3 nitrogen and oxygen atoms in total. The summed E-state index contributed by atoms with van der Waals surface area (Å²) in [6, 6.07) is 3.74. The second kappa shape index (κ2) is 4.72. The van der Waals surface area contributed by atoms with Gasteiger partial charge in [0.2, 0.25) is 0 Å². The number of rotatable bonds is 4. The van der Waals surface area contributed by atoms with Gasteiger partial charge < -0.3 is 10.5 Å². The number of aromatic nitrogens is 1. The third-order valence-electron chi connectivity index (χ3n) is 1.54. The number of ether oxygens (including phenoxy) is 1. The van der Waals surface area contributed by atoms with Crippen LogP contribution in [0.25, 0.3) is 0 Å². The van der Waals surface area contributed by atoms with Gasteiger partial charge in [0.05, 0.1) is 12.3 Å². The highest BCUT2D eigenvalue weighted by Crippen LogP contribution is 2.09. The maximum Gasteiger partial charge on any atom is 0.137 e. The number of nitrogens with zero attached hydrogens (tertiary/aromatic N) is 1. The average Bonchev–Trinajstić information content (AvgIpc) is 2.06. The Morgan fingerprint density at radius 2 is 2.50 bits per heavy atom. The highest BCUT2D eigenvalue weighted by atomic mass is 16.5. The maximum absolute atomic E-state index is 5.51. The maximum atomic E-state index is 5.51. The first-order chi connectivity index (χ1) is 5.83. The van der Waals surface area contributed by atoms with Crippen molar-refractivity contribution in [3.05, 3.63) is 24.5 Å². The highest BCUT2D eigenvalue weighted by Gasteiger charge is 2.01. The second-order valence-corrected chi connectivity index (χ2v) is 2.69. The van der Waals surface area contributed by atoms with Crippen LogP contribution in [0.2, 0.25) is 0 Å². The van der Waals surface area contributed by atoms with Crippen LogP contribution in [0.1, 0.15) is 13.3 Å². The lowest BCUT2D eigenvalue weighted by Crippen LogP contribution is -2.16. The predicted molar refractivity (Wildman–Crippen MR) is 48.0 cm³/mol. The van der Waals surface area contributed by atoms with Crippen LogP contribution < -0.4 is 10.5 Å². The molecule has 3 heteroatoms. The van der Waals surface area contributed by atoms with Gasteiger partial charge in [0.15, 0.2) is 0 Å². The Balaban J connectivity index is 2.41. The molecule has 1 atom stereocenters. The minimum atomic E-state index is 0.166. The van der Waals surface area contributed by atoms with Crippen molar-refractivity contribution in [1.82, 2.24) is 4.98 Å². The zero-order valence-corrected chi connectivity index (χ0v) is 7.23. The van der Waals surface area contributed by atoms with Crippen LogP contribution in [0.5, 0.6) is 5.75 Å². The first-order valence-electron chi connectivity index (χ1n) is 4.09. The molecule has 0 aliphatic heterocycles. The molecule has 1 rings (SSSR count). The molecule has 0 saturated carbocycles. The Kier molecular flexibility index (Phi) is 3.54. The van der Waals surface area contributed by atoms with Gasteiger partial charge in [-0.1, -0.05) is 0 Å². The van der Waals surface area contributed by atoms with E-state index in [4.69, 9.17) is 10.5 Å². The van der Waals surface area contributed by atoms with Gasteiger partial charge in [-0.15, -0.1) is 0 Å². The lowest BCUT2D eigenvalue weighted by molar-refractivity contribution is 0.213. The standard InChI is InChI=1S/C9H14N2O/c1-8(4-5-10)12-9-3-2-6-11-7-9/h2-3,6-8H,4-5,10H2,1H3. The number of hydrogen-bond acceptors (Lipinski definition) is 3. The largest absolute Gasteiger partial charge is 0.489 e. The van der Waals surface area contributed by atoms with Crippen molar-refractivity contribution in [2.45, 2.75) is 19.4 Å². The minimum Gasteiger partial charge on any atom is -0.489 e.